The molecule has 3 heterocycles. The summed E-state index contributed by atoms with van der Waals surface area (Å²) in [6.07, 6.45) is 2.38. The number of amides is 1. The van der Waals surface area contributed by atoms with Crippen LogP contribution in [-0.2, 0) is 9.53 Å². The van der Waals surface area contributed by atoms with Crippen molar-refractivity contribution in [1.82, 2.24) is 19.8 Å². The second kappa shape index (κ2) is 11.8. The standard InChI is InChI=1S/C30H36F4N4O4/c1-28(27(40)41-2)9-4-12-38(28)26(39)22-6-5-21(15-23(22)31)24-16-36-25(17-35-24)42-18-20-7-13-37(14-8-20)19-29(10-3-11-29)30(32,33)34/h5-6,15-17,20H,3-4,7-14,18-19H2,1-2H3/t28-/m0/s1. The predicted molar refractivity (Wildman–Crippen MR) is 145 cm³/mol. The fraction of sp³-hybridized carbons (Fsp3) is 0.600. The van der Waals surface area contributed by atoms with Gasteiger partial charge in [-0.2, -0.15) is 13.2 Å². The summed E-state index contributed by atoms with van der Waals surface area (Å²) in [6, 6.07) is 4.17. The topological polar surface area (TPSA) is 84.9 Å². The molecule has 0 unspecified atom stereocenters. The molecule has 0 spiro atoms. The van der Waals surface area contributed by atoms with Crippen molar-refractivity contribution in [2.75, 3.05) is 39.9 Å². The normalized spacial score (nSPS) is 23.0. The molecule has 0 bridgehead atoms. The maximum Gasteiger partial charge on any atom is 0.395 e. The van der Waals surface area contributed by atoms with Gasteiger partial charge in [-0.1, -0.05) is 12.5 Å². The van der Waals surface area contributed by atoms with Crippen molar-refractivity contribution >= 4 is 11.9 Å². The zero-order chi connectivity index (χ0) is 30.1. The first kappa shape index (κ1) is 30.2. The number of hydrogen-bond donors (Lipinski definition) is 0. The van der Waals surface area contributed by atoms with Gasteiger partial charge >= 0.3 is 12.1 Å². The lowest BCUT2D eigenvalue weighted by atomic mass is 9.67. The average molecular weight is 593 g/mol. The highest BCUT2D eigenvalue weighted by Gasteiger charge is 2.58. The quantitative estimate of drug-likeness (QED) is 0.305. The number of piperidine rings is 1. The summed E-state index contributed by atoms with van der Waals surface area (Å²) in [6.45, 7) is 3.65. The molecule has 42 heavy (non-hydrogen) atoms. The van der Waals surface area contributed by atoms with Gasteiger partial charge in [-0.3, -0.25) is 4.79 Å². The van der Waals surface area contributed by atoms with Crippen LogP contribution < -0.4 is 4.74 Å². The molecule has 228 valence electrons. The van der Waals surface area contributed by atoms with Crippen LogP contribution in [-0.4, -0.2) is 83.3 Å². The van der Waals surface area contributed by atoms with Crippen molar-refractivity contribution < 1.29 is 36.6 Å². The fourth-order valence-corrected chi connectivity index (χ4v) is 6.33. The van der Waals surface area contributed by atoms with Gasteiger partial charge in [0.05, 0.1) is 42.8 Å². The Morgan fingerprint density at radius 1 is 1.05 bits per heavy atom. The number of alkyl halides is 3. The Morgan fingerprint density at radius 2 is 1.79 bits per heavy atom. The van der Waals surface area contributed by atoms with Crippen LogP contribution in [0.1, 0.15) is 62.2 Å². The maximum atomic E-state index is 15.1. The third kappa shape index (κ3) is 5.82. The Labute approximate surface area is 242 Å². The van der Waals surface area contributed by atoms with E-state index in [-0.39, 0.29) is 30.9 Å². The number of carbonyl (C=O) groups excluding carboxylic acids is 2. The minimum absolute atomic E-state index is 0.0812. The van der Waals surface area contributed by atoms with Gasteiger partial charge < -0.3 is 19.3 Å². The van der Waals surface area contributed by atoms with E-state index in [9.17, 15) is 22.8 Å². The molecule has 1 amide bonds. The lowest BCUT2D eigenvalue weighted by Gasteiger charge is -2.47. The third-order valence-corrected chi connectivity index (χ3v) is 9.25. The lowest BCUT2D eigenvalue weighted by molar-refractivity contribution is -0.256. The molecule has 5 rings (SSSR count). The van der Waals surface area contributed by atoms with Crippen LogP contribution in [0.3, 0.4) is 0 Å². The summed E-state index contributed by atoms with van der Waals surface area (Å²) < 4.78 is 66.3. The zero-order valence-corrected chi connectivity index (χ0v) is 23.9. The number of rotatable bonds is 8. The molecular formula is C30H36F4N4O4. The highest BCUT2D eigenvalue weighted by Crippen LogP contribution is 2.53. The van der Waals surface area contributed by atoms with Crippen LogP contribution in [0.4, 0.5) is 17.6 Å². The minimum atomic E-state index is -4.15. The summed E-state index contributed by atoms with van der Waals surface area (Å²) in [5, 5.41) is 0. The van der Waals surface area contributed by atoms with Crippen molar-refractivity contribution in [1.29, 1.82) is 0 Å². The summed E-state index contributed by atoms with van der Waals surface area (Å²) >= 11 is 0. The van der Waals surface area contributed by atoms with Crippen molar-refractivity contribution in [2.24, 2.45) is 11.3 Å². The highest BCUT2D eigenvalue weighted by atomic mass is 19.4. The van der Waals surface area contributed by atoms with Crippen LogP contribution in [0.5, 0.6) is 5.88 Å². The molecule has 1 saturated carbocycles. The van der Waals surface area contributed by atoms with Crippen LogP contribution >= 0.6 is 0 Å². The molecule has 0 N–H and O–H groups in total. The lowest BCUT2D eigenvalue weighted by Crippen LogP contribution is -2.53. The number of carbonyl (C=O) groups is 2. The Kier molecular flexibility index (Phi) is 8.46. The van der Waals surface area contributed by atoms with E-state index >= 15 is 4.39 Å². The first-order valence-electron chi connectivity index (χ1n) is 14.4. The van der Waals surface area contributed by atoms with Crippen LogP contribution in [0.25, 0.3) is 11.3 Å². The third-order valence-electron chi connectivity index (χ3n) is 9.25. The van der Waals surface area contributed by atoms with E-state index in [0.717, 1.165) is 12.8 Å². The molecule has 1 aromatic heterocycles. The second-order valence-corrected chi connectivity index (χ2v) is 11.9. The first-order valence-corrected chi connectivity index (χ1v) is 14.4. The second-order valence-electron chi connectivity index (χ2n) is 11.9. The molecule has 3 aliphatic rings. The Bertz CT molecular complexity index is 1290. The van der Waals surface area contributed by atoms with Gasteiger partial charge in [-0.15, -0.1) is 0 Å². The number of hydrogen-bond acceptors (Lipinski definition) is 7. The molecule has 12 heteroatoms. The molecule has 1 aliphatic carbocycles. The smallest absolute Gasteiger partial charge is 0.395 e. The van der Waals surface area contributed by atoms with Crippen molar-refractivity contribution in [3.8, 4) is 17.1 Å². The number of likely N-dealkylation sites (tertiary alicyclic amines) is 2. The number of nitrogens with zero attached hydrogens (tertiary/aromatic N) is 4. The van der Waals surface area contributed by atoms with Crippen LogP contribution in [0.2, 0.25) is 0 Å². The Morgan fingerprint density at radius 3 is 2.36 bits per heavy atom. The number of benzene rings is 1. The van der Waals surface area contributed by atoms with Crippen molar-refractivity contribution in [3.05, 3.63) is 42.0 Å². The van der Waals surface area contributed by atoms with E-state index in [1.54, 1.807) is 13.0 Å². The fourth-order valence-electron chi connectivity index (χ4n) is 6.33. The van der Waals surface area contributed by atoms with E-state index in [4.69, 9.17) is 9.47 Å². The monoisotopic (exact) mass is 592 g/mol. The van der Waals surface area contributed by atoms with Gasteiger partial charge in [-0.25, -0.2) is 19.2 Å². The zero-order valence-electron chi connectivity index (χ0n) is 23.9. The molecule has 1 aromatic carbocycles. The van der Waals surface area contributed by atoms with Gasteiger partial charge in [0.1, 0.15) is 11.4 Å². The molecule has 1 atom stereocenters. The molecule has 2 aliphatic heterocycles. The van der Waals surface area contributed by atoms with Crippen molar-refractivity contribution in [3.63, 3.8) is 0 Å². The van der Waals surface area contributed by atoms with E-state index in [1.165, 1.54) is 36.5 Å². The van der Waals surface area contributed by atoms with E-state index in [0.29, 0.717) is 62.6 Å². The van der Waals surface area contributed by atoms with Gasteiger partial charge in [0, 0.05) is 18.7 Å². The molecule has 0 radical (unpaired) electrons. The number of aromatic nitrogens is 2. The van der Waals surface area contributed by atoms with E-state index < -0.39 is 34.8 Å². The average Bonchev–Trinajstić information content (AvgIpc) is 3.35. The molecule has 3 fully saturated rings. The molecule has 2 saturated heterocycles. The predicted octanol–water partition coefficient (Wildman–Crippen LogP) is 5.27. The first-order chi connectivity index (χ1) is 20.0. The summed E-state index contributed by atoms with van der Waals surface area (Å²) in [5.41, 5.74) is -2.00. The van der Waals surface area contributed by atoms with E-state index in [1.807, 2.05) is 4.90 Å². The van der Waals surface area contributed by atoms with Crippen LogP contribution in [0, 0.1) is 17.2 Å². The van der Waals surface area contributed by atoms with Crippen molar-refractivity contribution in [2.45, 2.75) is 63.6 Å². The minimum Gasteiger partial charge on any atom is -0.476 e. The molecule has 8 nitrogen and oxygen atoms in total. The van der Waals surface area contributed by atoms with Gasteiger partial charge in [-0.05, 0) is 76.6 Å². The number of methoxy groups -OCH3 is 1. The van der Waals surface area contributed by atoms with E-state index in [2.05, 4.69) is 9.97 Å². The maximum absolute atomic E-state index is 15.1. The Hall–Kier alpha value is -3.28. The number of ether oxygens (including phenoxy) is 2. The summed E-state index contributed by atoms with van der Waals surface area (Å²) in [5.74, 6) is -1.33. The summed E-state index contributed by atoms with van der Waals surface area (Å²) in [7, 11) is 1.26. The largest absolute Gasteiger partial charge is 0.476 e. The SMILES string of the molecule is COC(=O)[C@]1(C)CCCN1C(=O)c1ccc(-c2cnc(OCC3CCN(CC4(C(F)(F)F)CCC4)CC3)cn2)cc1F. The van der Waals surface area contributed by atoms with Gasteiger partial charge in [0.15, 0.2) is 0 Å². The number of esters is 1. The summed E-state index contributed by atoms with van der Waals surface area (Å²) in [4.78, 5) is 37.3. The number of halogens is 4. The van der Waals surface area contributed by atoms with Gasteiger partial charge in [0.2, 0.25) is 5.88 Å². The van der Waals surface area contributed by atoms with Gasteiger partial charge in [0.25, 0.3) is 5.91 Å². The molecular weight excluding hydrogens is 556 g/mol. The molecule has 2 aromatic rings. The Balaban J connectivity index is 1.14. The van der Waals surface area contributed by atoms with Crippen LogP contribution in [0.15, 0.2) is 30.6 Å². The highest BCUT2D eigenvalue weighted by molar-refractivity contribution is 5.99.